The fourth-order valence-electron chi connectivity index (χ4n) is 1.47. The Morgan fingerprint density at radius 3 is 2.73 bits per heavy atom. The number of aryl methyl sites for hydroxylation is 1. The SMILES string of the molecule is Cn1cncc1-c1ccccc1[N+](=O)[O-]. The predicted octanol–water partition coefficient (Wildman–Crippen LogP) is 2.00. The molecule has 0 spiro atoms. The van der Waals surface area contributed by atoms with Gasteiger partial charge in [-0.2, -0.15) is 0 Å². The van der Waals surface area contributed by atoms with Gasteiger partial charge < -0.3 is 4.57 Å². The van der Waals surface area contributed by atoms with Crippen molar-refractivity contribution in [2.75, 3.05) is 0 Å². The largest absolute Gasteiger partial charge is 0.334 e. The minimum Gasteiger partial charge on any atom is -0.334 e. The third-order valence-electron chi connectivity index (χ3n) is 2.19. The number of para-hydroxylation sites is 1. The minimum atomic E-state index is -0.387. The Balaban J connectivity index is 2.63. The summed E-state index contributed by atoms with van der Waals surface area (Å²) in [5.74, 6) is 0. The summed E-state index contributed by atoms with van der Waals surface area (Å²) in [6.07, 6.45) is 3.23. The number of nitrogens with zero attached hydrogens (tertiary/aromatic N) is 3. The summed E-state index contributed by atoms with van der Waals surface area (Å²) in [4.78, 5) is 14.4. The van der Waals surface area contributed by atoms with Crippen molar-refractivity contribution in [2.24, 2.45) is 7.05 Å². The van der Waals surface area contributed by atoms with Crippen LogP contribution in [0.4, 0.5) is 5.69 Å². The summed E-state index contributed by atoms with van der Waals surface area (Å²) in [7, 11) is 1.80. The van der Waals surface area contributed by atoms with Gasteiger partial charge in [0.2, 0.25) is 0 Å². The summed E-state index contributed by atoms with van der Waals surface area (Å²) in [6, 6.07) is 6.63. The monoisotopic (exact) mass is 203 g/mol. The van der Waals surface area contributed by atoms with Crippen LogP contribution >= 0.6 is 0 Å². The first kappa shape index (κ1) is 9.39. The molecule has 2 rings (SSSR count). The topological polar surface area (TPSA) is 61.0 Å². The van der Waals surface area contributed by atoms with Crippen molar-refractivity contribution in [1.29, 1.82) is 0 Å². The number of nitro benzene ring substituents is 1. The van der Waals surface area contributed by atoms with Gasteiger partial charge in [0.05, 0.1) is 28.7 Å². The van der Waals surface area contributed by atoms with E-state index in [0.717, 1.165) is 5.69 Å². The molecular formula is C10H9N3O2. The highest BCUT2D eigenvalue weighted by Crippen LogP contribution is 2.28. The summed E-state index contributed by atoms with van der Waals surface area (Å²) >= 11 is 0. The van der Waals surface area contributed by atoms with Crippen molar-refractivity contribution in [2.45, 2.75) is 0 Å². The molecule has 0 radical (unpaired) electrons. The molecule has 2 aromatic rings. The van der Waals surface area contributed by atoms with Crippen molar-refractivity contribution in [3.05, 3.63) is 46.9 Å². The van der Waals surface area contributed by atoms with Gasteiger partial charge in [-0.15, -0.1) is 0 Å². The van der Waals surface area contributed by atoms with Crippen LogP contribution in [0.5, 0.6) is 0 Å². The molecule has 0 bridgehead atoms. The van der Waals surface area contributed by atoms with Crippen LogP contribution in [0.25, 0.3) is 11.3 Å². The van der Waals surface area contributed by atoms with Crippen molar-refractivity contribution in [1.82, 2.24) is 9.55 Å². The summed E-state index contributed by atoms with van der Waals surface area (Å²) in [5.41, 5.74) is 1.42. The van der Waals surface area contributed by atoms with Crippen molar-refractivity contribution >= 4 is 5.69 Å². The van der Waals surface area contributed by atoms with Gasteiger partial charge in [-0.3, -0.25) is 10.1 Å². The molecule has 0 atom stereocenters. The fourth-order valence-corrected chi connectivity index (χ4v) is 1.47. The highest BCUT2D eigenvalue weighted by molar-refractivity contribution is 5.70. The third kappa shape index (κ3) is 1.59. The van der Waals surface area contributed by atoms with E-state index in [1.54, 1.807) is 42.3 Å². The zero-order chi connectivity index (χ0) is 10.8. The first-order valence-electron chi connectivity index (χ1n) is 4.40. The number of rotatable bonds is 2. The third-order valence-corrected chi connectivity index (χ3v) is 2.19. The normalized spacial score (nSPS) is 10.2. The Bertz CT molecular complexity index is 505. The summed E-state index contributed by atoms with van der Waals surface area (Å²) in [6.45, 7) is 0. The van der Waals surface area contributed by atoms with E-state index in [1.807, 2.05) is 0 Å². The molecule has 1 aromatic heterocycles. The molecule has 0 saturated carbocycles. The van der Waals surface area contributed by atoms with Gasteiger partial charge in [0.1, 0.15) is 0 Å². The molecule has 0 saturated heterocycles. The maximum absolute atomic E-state index is 10.8. The number of imidazole rings is 1. The van der Waals surface area contributed by atoms with Gasteiger partial charge >= 0.3 is 0 Å². The molecule has 0 unspecified atom stereocenters. The maximum atomic E-state index is 10.8. The molecular weight excluding hydrogens is 194 g/mol. The smallest absolute Gasteiger partial charge is 0.278 e. The van der Waals surface area contributed by atoms with Crippen LogP contribution in [0.2, 0.25) is 0 Å². The van der Waals surface area contributed by atoms with Gasteiger partial charge in [0.25, 0.3) is 5.69 Å². The Labute approximate surface area is 86.1 Å². The van der Waals surface area contributed by atoms with Crippen molar-refractivity contribution in [3.63, 3.8) is 0 Å². The highest BCUT2D eigenvalue weighted by Gasteiger charge is 2.15. The molecule has 76 valence electrons. The molecule has 0 aliphatic rings. The van der Waals surface area contributed by atoms with E-state index in [2.05, 4.69) is 4.98 Å². The van der Waals surface area contributed by atoms with Crippen LogP contribution in [-0.4, -0.2) is 14.5 Å². The lowest BCUT2D eigenvalue weighted by Gasteiger charge is -2.02. The van der Waals surface area contributed by atoms with E-state index in [0.29, 0.717) is 5.56 Å². The molecule has 0 aliphatic heterocycles. The summed E-state index contributed by atoms with van der Waals surface area (Å²) < 4.78 is 1.75. The van der Waals surface area contributed by atoms with Crippen LogP contribution in [-0.2, 0) is 7.05 Å². The van der Waals surface area contributed by atoms with Crippen LogP contribution in [0, 0.1) is 10.1 Å². The van der Waals surface area contributed by atoms with Gasteiger partial charge in [-0.25, -0.2) is 4.98 Å². The van der Waals surface area contributed by atoms with Crippen molar-refractivity contribution in [3.8, 4) is 11.3 Å². The van der Waals surface area contributed by atoms with E-state index in [-0.39, 0.29) is 10.6 Å². The maximum Gasteiger partial charge on any atom is 0.278 e. The predicted molar refractivity (Wildman–Crippen MR) is 55.3 cm³/mol. The van der Waals surface area contributed by atoms with Gasteiger partial charge in [-0.1, -0.05) is 12.1 Å². The molecule has 0 aliphatic carbocycles. The second-order valence-electron chi connectivity index (χ2n) is 3.16. The van der Waals surface area contributed by atoms with Gasteiger partial charge in [0, 0.05) is 13.1 Å². The lowest BCUT2D eigenvalue weighted by molar-refractivity contribution is -0.384. The fraction of sp³-hybridized carbons (Fsp3) is 0.100. The molecule has 5 heteroatoms. The highest BCUT2D eigenvalue weighted by atomic mass is 16.6. The Hall–Kier alpha value is -2.17. The number of aromatic nitrogens is 2. The van der Waals surface area contributed by atoms with E-state index in [9.17, 15) is 10.1 Å². The lowest BCUT2D eigenvalue weighted by Crippen LogP contribution is -1.95. The number of hydrogen-bond donors (Lipinski definition) is 0. The number of benzene rings is 1. The van der Waals surface area contributed by atoms with Gasteiger partial charge in [-0.05, 0) is 6.07 Å². The lowest BCUT2D eigenvalue weighted by atomic mass is 10.1. The van der Waals surface area contributed by atoms with Crippen LogP contribution in [0.15, 0.2) is 36.8 Å². The second-order valence-corrected chi connectivity index (χ2v) is 3.16. The minimum absolute atomic E-state index is 0.0982. The van der Waals surface area contributed by atoms with Crippen LogP contribution in [0.1, 0.15) is 0 Å². The molecule has 0 fully saturated rings. The molecule has 15 heavy (non-hydrogen) atoms. The molecule has 1 aromatic carbocycles. The Kier molecular flexibility index (Phi) is 2.21. The zero-order valence-electron chi connectivity index (χ0n) is 8.12. The van der Waals surface area contributed by atoms with E-state index in [1.165, 1.54) is 6.07 Å². The first-order chi connectivity index (χ1) is 7.20. The Morgan fingerprint density at radius 2 is 2.13 bits per heavy atom. The quantitative estimate of drug-likeness (QED) is 0.554. The van der Waals surface area contributed by atoms with E-state index >= 15 is 0 Å². The molecule has 0 N–H and O–H groups in total. The van der Waals surface area contributed by atoms with Crippen molar-refractivity contribution < 1.29 is 4.92 Å². The number of hydrogen-bond acceptors (Lipinski definition) is 3. The second kappa shape index (κ2) is 3.53. The molecule has 5 nitrogen and oxygen atoms in total. The Morgan fingerprint density at radius 1 is 1.40 bits per heavy atom. The zero-order valence-corrected chi connectivity index (χ0v) is 8.12. The van der Waals surface area contributed by atoms with Crippen LogP contribution in [0.3, 0.4) is 0 Å². The standard InChI is InChI=1S/C10H9N3O2/c1-12-7-11-6-10(12)8-4-2-3-5-9(8)13(14)15/h2-7H,1H3. The average Bonchev–Trinajstić information content (AvgIpc) is 2.64. The first-order valence-corrected chi connectivity index (χ1v) is 4.40. The summed E-state index contributed by atoms with van der Waals surface area (Å²) in [5, 5.41) is 10.8. The van der Waals surface area contributed by atoms with Gasteiger partial charge in [0.15, 0.2) is 0 Å². The molecule has 0 amide bonds. The van der Waals surface area contributed by atoms with E-state index in [4.69, 9.17) is 0 Å². The number of nitro groups is 1. The average molecular weight is 203 g/mol. The molecule has 1 heterocycles. The van der Waals surface area contributed by atoms with Crippen LogP contribution < -0.4 is 0 Å². The van der Waals surface area contributed by atoms with E-state index < -0.39 is 0 Å².